The molecule has 2 heterocycles. The summed E-state index contributed by atoms with van der Waals surface area (Å²) in [5, 5.41) is 0. The van der Waals surface area contributed by atoms with Crippen LogP contribution in [-0.2, 0) is 4.74 Å². The first kappa shape index (κ1) is 14.7. The van der Waals surface area contributed by atoms with Gasteiger partial charge in [0, 0.05) is 25.2 Å². The van der Waals surface area contributed by atoms with E-state index >= 15 is 0 Å². The van der Waals surface area contributed by atoms with Crippen LogP contribution in [0, 0.1) is 0 Å². The number of hydrogen-bond acceptors (Lipinski definition) is 3. The summed E-state index contributed by atoms with van der Waals surface area (Å²) in [7, 11) is 0. The van der Waals surface area contributed by atoms with E-state index in [9.17, 15) is 0 Å². The predicted octanol–water partition coefficient (Wildman–Crippen LogP) is 4.08. The first-order valence-electron chi connectivity index (χ1n) is 8.89. The van der Waals surface area contributed by atoms with Crippen LogP contribution in [-0.4, -0.2) is 31.3 Å². The van der Waals surface area contributed by atoms with Gasteiger partial charge >= 0.3 is 0 Å². The summed E-state index contributed by atoms with van der Waals surface area (Å²) in [5.41, 5.74) is 6.81. The van der Waals surface area contributed by atoms with Gasteiger partial charge in [-0.2, -0.15) is 0 Å². The van der Waals surface area contributed by atoms with Gasteiger partial charge in [-0.25, -0.2) is 4.98 Å². The average Bonchev–Trinajstić information content (AvgIpc) is 3.03. The third-order valence-corrected chi connectivity index (χ3v) is 5.27. The smallest absolute Gasteiger partial charge is 0.128 e. The van der Waals surface area contributed by atoms with Crippen molar-refractivity contribution < 1.29 is 4.74 Å². The average molecular weight is 328 g/mol. The highest BCUT2D eigenvalue weighted by molar-refractivity contribution is 5.80. The lowest BCUT2D eigenvalue weighted by molar-refractivity contribution is 0.122. The van der Waals surface area contributed by atoms with Crippen LogP contribution in [0.15, 0.2) is 66.9 Å². The topological polar surface area (TPSA) is 25.4 Å². The molecular weight excluding hydrogens is 308 g/mol. The third kappa shape index (κ3) is 2.43. The molecule has 124 valence electrons. The molecule has 0 bridgehead atoms. The Balaban J connectivity index is 1.61. The van der Waals surface area contributed by atoms with Crippen molar-refractivity contribution in [2.45, 2.75) is 5.92 Å². The molecule has 1 fully saturated rings. The number of anilines is 1. The maximum Gasteiger partial charge on any atom is 0.128 e. The fourth-order valence-corrected chi connectivity index (χ4v) is 4.09. The maximum atomic E-state index is 5.47. The Labute approximate surface area is 147 Å². The number of benzene rings is 2. The summed E-state index contributed by atoms with van der Waals surface area (Å²) < 4.78 is 5.47. The number of nitrogens with zero attached hydrogens (tertiary/aromatic N) is 2. The SMILES string of the molecule is c1ccc2c(c1)-c1ccccc1C2c1ccnc(N2CCOCC2)c1. The Morgan fingerprint density at radius 2 is 1.48 bits per heavy atom. The van der Waals surface area contributed by atoms with Crippen molar-refractivity contribution in [3.8, 4) is 11.1 Å². The van der Waals surface area contributed by atoms with Crippen LogP contribution in [0.5, 0.6) is 0 Å². The molecule has 1 aromatic heterocycles. The van der Waals surface area contributed by atoms with E-state index in [0.717, 1.165) is 32.1 Å². The molecule has 25 heavy (non-hydrogen) atoms. The second-order valence-corrected chi connectivity index (χ2v) is 6.65. The second-order valence-electron chi connectivity index (χ2n) is 6.65. The van der Waals surface area contributed by atoms with Crippen LogP contribution in [0.3, 0.4) is 0 Å². The minimum absolute atomic E-state index is 0.287. The standard InChI is InChI=1S/C22H20N2O/c1-3-7-19-17(5-1)18-6-2-4-8-20(18)22(19)16-9-10-23-21(15-16)24-11-13-25-14-12-24/h1-10,15,22H,11-14H2. The normalized spacial score (nSPS) is 16.6. The molecule has 1 aliphatic heterocycles. The zero-order valence-corrected chi connectivity index (χ0v) is 14.1. The van der Waals surface area contributed by atoms with E-state index in [2.05, 4.69) is 70.5 Å². The predicted molar refractivity (Wildman–Crippen MR) is 100 cm³/mol. The van der Waals surface area contributed by atoms with Gasteiger partial charge in [-0.3, -0.25) is 0 Å². The molecule has 0 spiro atoms. The first-order chi connectivity index (χ1) is 12.4. The number of morpholine rings is 1. The van der Waals surface area contributed by atoms with Crippen molar-refractivity contribution in [2.24, 2.45) is 0 Å². The van der Waals surface area contributed by atoms with Gasteiger partial charge in [0.25, 0.3) is 0 Å². The molecule has 0 saturated carbocycles. The van der Waals surface area contributed by atoms with Gasteiger partial charge < -0.3 is 9.64 Å². The van der Waals surface area contributed by atoms with E-state index in [0.29, 0.717) is 0 Å². The van der Waals surface area contributed by atoms with E-state index in [4.69, 9.17) is 4.74 Å². The number of pyridine rings is 1. The molecule has 0 radical (unpaired) electrons. The van der Waals surface area contributed by atoms with Crippen LogP contribution in [0.2, 0.25) is 0 Å². The zero-order chi connectivity index (χ0) is 16.6. The fourth-order valence-electron chi connectivity index (χ4n) is 4.09. The van der Waals surface area contributed by atoms with E-state index in [-0.39, 0.29) is 5.92 Å². The van der Waals surface area contributed by atoms with Crippen molar-refractivity contribution in [3.05, 3.63) is 83.6 Å². The molecule has 0 atom stereocenters. The minimum atomic E-state index is 0.287. The molecule has 1 saturated heterocycles. The van der Waals surface area contributed by atoms with Crippen molar-refractivity contribution >= 4 is 5.82 Å². The highest BCUT2D eigenvalue weighted by Gasteiger charge is 2.29. The summed E-state index contributed by atoms with van der Waals surface area (Å²) in [4.78, 5) is 6.94. The number of rotatable bonds is 2. The van der Waals surface area contributed by atoms with Crippen LogP contribution < -0.4 is 4.90 Å². The summed E-state index contributed by atoms with van der Waals surface area (Å²) in [6, 6.07) is 21.9. The van der Waals surface area contributed by atoms with Gasteiger partial charge in [0.15, 0.2) is 0 Å². The molecule has 0 amide bonds. The summed E-state index contributed by atoms with van der Waals surface area (Å²) in [6.07, 6.45) is 1.95. The molecule has 1 aliphatic carbocycles. The Kier molecular flexibility index (Phi) is 3.53. The minimum Gasteiger partial charge on any atom is -0.378 e. The largest absolute Gasteiger partial charge is 0.378 e. The number of ether oxygens (including phenoxy) is 1. The van der Waals surface area contributed by atoms with Crippen LogP contribution >= 0.6 is 0 Å². The van der Waals surface area contributed by atoms with Crippen molar-refractivity contribution in [3.63, 3.8) is 0 Å². The lowest BCUT2D eigenvalue weighted by atomic mass is 9.90. The number of hydrogen-bond donors (Lipinski definition) is 0. The van der Waals surface area contributed by atoms with E-state index in [1.165, 1.54) is 27.8 Å². The van der Waals surface area contributed by atoms with Crippen LogP contribution in [0.25, 0.3) is 11.1 Å². The highest BCUT2D eigenvalue weighted by Crippen LogP contribution is 2.47. The molecule has 2 aromatic carbocycles. The van der Waals surface area contributed by atoms with Gasteiger partial charge in [0.2, 0.25) is 0 Å². The van der Waals surface area contributed by atoms with Crippen molar-refractivity contribution in [1.82, 2.24) is 4.98 Å². The highest BCUT2D eigenvalue weighted by atomic mass is 16.5. The lowest BCUT2D eigenvalue weighted by Gasteiger charge is -2.28. The Bertz CT molecular complexity index is 870. The molecule has 3 aromatic rings. The zero-order valence-electron chi connectivity index (χ0n) is 14.1. The molecule has 3 nitrogen and oxygen atoms in total. The van der Waals surface area contributed by atoms with Gasteiger partial charge in [-0.15, -0.1) is 0 Å². The van der Waals surface area contributed by atoms with E-state index < -0.39 is 0 Å². The van der Waals surface area contributed by atoms with Gasteiger partial charge in [-0.1, -0.05) is 48.5 Å². The first-order valence-corrected chi connectivity index (χ1v) is 8.89. The number of fused-ring (bicyclic) bond motifs is 3. The lowest BCUT2D eigenvalue weighted by Crippen LogP contribution is -2.36. The summed E-state index contributed by atoms with van der Waals surface area (Å²) in [5.74, 6) is 1.35. The van der Waals surface area contributed by atoms with Crippen molar-refractivity contribution in [1.29, 1.82) is 0 Å². The fraction of sp³-hybridized carbons (Fsp3) is 0.227. The Morgan fingerprint density at radius 1 is 0.840 bits per heavy atom. The monoisotopic (exact) mass is 328 g/mol. The van der Waals surface area contributed by atoms with Crippen LogP contribution in [0.4, 0.5) is 5.82 Å². The van der Waals surface area contributed by atoms with E-state index in [1.807, 2.05) is 6.20 Å². The molecule has 0 unspecified atom stereocenters. The second kappa shape index (κ2) is 6.01. The number of aromatic nitrogens is 1. The molecule has 5 rings (SSSR count). The van der Waals surface area contributed by atoms with Gasteiger partial charge in [0.1, 0.15) is 5.82 Å². The van der Waals surface area contributed by atoms with Crippen molar-refractivity contribution in [2.75, 3.05) is 31.2 Å². The molecule has 0 N–H and O–H groups in total. The van der Waals surface area contributed by atoms with E-state index in [1.54, 1.807) is 0 Å². The molecule has 3 heteroatoms. The third-order valence-electron chi connectivity index (χ3n) is 5.27. The quantitative estimate of drug-likeness (QED) is 0.554. The summed E-state index contributed by atoms with van der Waals surface area (Å²) in [6.45, 7) is 3.38. The maximum absolute atomic E-state index is 5.47. The van der Waals surface area contributed by atoms with Gasteiger partial charge in [0.05, 0.1) is 13.2 Å². The Hall–Kier alpha value is -2.65. The van der Waals surface area contributed by atoms with Gasteiger partial charge in [-0.05, 0) is 39.9 Å². The summed E-state index contributed by atoms with van der Waals surface area (Å²) >= 11 is 0. The van der Waals surface area contributed by atoms with Crippen LogP contribution in [0.1, 0.15) is 22.6 Å². The molecule has 2 aliphatic rings. The Morgan fingerprint density at radius 3 is 2.16 bits per heavy atom. The molecular formula is C22H20N2O.